The van der Waals surface area contributed by atoms with Crippen molar-refractivity contribution >= 4 is 45.8 Å². The number of benzene rings is 1. The molecule has 6 rings (SSSR count). The molecule has 5 heterocycles. The number of carbonyl (C=O) groups excluding carboxylic acids is 1. The second-order valence-electron chi connectivity index (χ2n) is 9.24. The number of unbranched alkanes of at least 4 members (excludes halogenated alkanes) is 1. The topological polar surface area (TPSA) is 192 Å². The molecule has 1 fully saturated rings. The number of carbonyl (C=O) groups is 1. The van der Waals surface area contributed by atoms with Crippen LogP contribution in [0.2, 0.25) is 0 Å². The van der Waals surface area contributed by atoms with E-state index in [0.717, 1.165) is 44.6 Å². The van der Waals surface area contributed by atoms with Gasteiger partial charge in [-0.25, -0.2) is 24.6 Å². The molecule has 14 nitrogen and oxygen atoms in total. The van der Waals surface area contributed by atoms with Gasteiger partial charge < -0.3 is 31.4 Å². The van der Waals surface area contributed by atoms with E-state index >= 15 is 0 Å². The fraction of sp³-hybridized carbons (Fsp3) is 0.320. The molecule has 1 aliphatic heterocycles. The summed E-state index contributed by atoms with van der Waals surface area (Å²) in [5.41, 5.74) is 15.7. The van der Waals surface area contributed by atoms with Crippen LogP contribution in [-0.4, -0.2) is 73.3 Å². The van der Waals surface area contributed by atoms with Crippen molar-refractivity contribution in [2.75, 3.05) is 49.1 Å². The van der Waals surface area contributed by atoms with Crippen LogP contribution in [0, 0.1) is 0 Å². The van der Waals surface area contributed by atoms with Gasteiger partial charge in [-0.3, -0.25) is 4.79 Å². The number of piperazine rings is 1. The van der Waals surface area contributed by atoms with Crippen LogP contribution < -0.4 is 27.0 Å². The molecule has 200 valence electrons. The highest BCUT2D eigenvalue weighted by atomic mass is 16.4. The number of nitrogens with two attached hydrogens (primary N) is 2. The number of amides is 1. The molecule has 5 aromatic rings. The number of aromatic nitrogens is 7. The molecule has 1 aliphatic rings. The zero-order valence-corrected chi connectivity index (χ0v) is 21.2. The molecule has 1 aromatic carbocycles. The molecule has 0 radical (unpaired) electrons. The van der Waals surface area contributed by atoms with Crippen molar-refractivity contribution in [1.29, 1.82) is 0 Å². The SMILES string of the molecule is Nc1nc2cc(-c3nn(CCCCNC(=O)c4cnc(N5CCNCC5)nc4)c4ncnc(N)c34)ccc2o1. The largest absolute Gasteiger partial charge is 0.424 e. The second kappa shape index (κ2) is 10.5. The van der Waals surface area contributed by atoms with E-state index < -0.39 is 0 Å². The lowest BCUT2D eigenvalue weighted by Gasteiger charge is -2.27. The zero-order chi connectivity index (χ0) is 26.8. The lowest BCUT2D eigenvalue weighted by atomic mass is 10.1. The molecule has 1 amide bonds. The molecule has 39 heavy (non-hydrogen) atoms. The summed E-state index contributed by atoms with van der Waals surface area (Å²) in [7, 11) is 0. The van der Waals surface area contributed by atoms with Gasteiger partial charge in [0.1, 0.15) is 23.4 Å². The van der Waals surface area contributed by atoms with Crippen molar-refractivity contribution in [3.63, 3.8) is 0 Å². The zero-order valence-electron chi connectivity index (χ0n) is 21.2. The van der Waals surface area contributed by atoms with E-state index in [4.69, 9.17) is 21.0 Å². The minimum Gasteiger partial charge on any atom is -0.424 e. The maximum Gasteiger partial charge on any atom is 0.292 e. The first kappa shape index (κ1) is 24.5. The molecular weight excluding hydrogens is 500 g/mol. The smallest absolute Gasteiger partial charge is 0.292 e. The van der Waals surface area contributed by atoms with Gasteiger partial charge >= 0.3 is 0 Å². The van der Waals surface area contributed by atoms with E-state index in [1.54, 1.807) is 18.5 Å². The van der Waals surface area contributed by atoms with Crippen LogP contribution in [0.15, 0.2) is 41.3 Å². The van der Waals surface area contributed by atoms with Crippen molar-refractivity contribution in [2.24, 2.45) is 0 Å². The minimum absolute atomic E-state index is 0.104. The van der Waals surface area contributed by atoms with E-state index in [0.29, 0.717) is 58.2 Å². The minimum atomic E-state index is -0.196. The van der Waals surface area contributed by atoms with Crippen molar-refractivity contribution < 1.29 is 9.21 Å². The van der Waals surface area contributed by atoms with Gasteiger partial charge in [0.25, 0.3) is 11.9 Å². The molecule has 6 N–H and O–H groups in total. The summed E-state index contributed by atoms with van der Waals surface area (Å²) in [6.07, 6.45) is 6.08. The molecule has 0 saturated carbocycles. The van der Waals surface area contributed by atoms with Crippen LogP contribution in [0.5, 0.6) is 0 Å². The van der Waals surface area contributed by atoms with E-state index in [2.05, 4.69) is 40.5 Å². The van der Waals surface area contributed by atoms with Crippen LogP contribution in [0.4, 0.5) is 17.8 Å². The number of nitrogens with zero attached hydrogens (tertiary/aromatic N) is 8. The van der Waals surface area contributed by atoms with E-state index in [9.17, 15) is 4.79 Å². The maximum atomic E-state index is 12.5. The van der Waals surface area contributed by atoms with Crippen molar-refractivity contribution in [1.82, 2.24) is 45.3 Å². The lowest BCUT2D eigenvalue weighted by molar-refractivity contribution is 0.0952. The fourth-order valence-electron chi connectivity index (χ4n) is 4.64. The number of hydrogen-bond donors (Lipinski definition) is 4. The molecule has 0 spiro atoms. The quantitative estimate of drug-likeness (QED) is 0.211. The number of rotatable bonds is 8. The monoisotopic (exact) mass is 528 g/mol. The highest BCUT2D eigenvalue weighted by molar-refractivity contribution is 5.99. The molecule has 0 aliphatic carbocycles. The molecule has 0 atom stereocenters. The number of hydrogen-bond acceptors (Lipinski definition) is 12. The third-order valence-electron chi connectivity index (χ3n) is 6.62. The lowest BCUT2D eigenvalue weighted by Crippen LogP contribution is -2.44. The Hall–Kier alpha value is -4.85. The number of nitrogen functional groups attached to an aromatic ring is 2. The first-order chi connectivity index (χ1) is 19.1. The van der Waals surface area contributed by atoms with Crippen LogP contribution in [0.1, 0.15) is 23.2 Å². The Morgan fingerprint density at radius 3 is 2.72 bits per heavy atom. The standard InChI is InChI=1S/C25H28N12O2/c26-21-19-20(15-3-4-18-17(11-15)34-24(27)39-18)35-37(22(19)33-14-32-21)8-2-1-5-29-23(38)16-12-30-25(31-13-16)36-9-6-28-7-10-36/h3-4,11-14,28H,1-2,5-10H2,(H2,27,34)(H,29,38)(H2,26,32,33). The van der Waals surface area contributed by atoms with E-state index in [1.165, 1.54) is 6.33 Å². The predicted molar refractivity (Wildman–Crippen MR) is 146 cm³/mol. The Labute approximate surface area is 222 Å². The maximum absolute atomic E-state index is 12.5. The number of oxazole rings is 1. The van der Waals surface area contributed by atoms with Gasteiger partial charge in [0.2, 0.25) is 5.95 Å². The Kier molecular flexibility index (Phi) is 6.59. The summed E-state index contributed by atoms with van der Waals surface area (Å²) in [4.78, 5) is 36.2. The highest BCUT2D eigenvalue weighted by Gasteiger charge is 2.18. The first-order valence-corrected chi connectivity index (χ1v) is 12.8. The number of aryl methyl sites for hydroxylation is 1. The van der Waals surface area contributed by atoms with Gasteiger partial charge in [-0.2, -0.15) is 10.1 Å². The summed E-state index contributed by atoms with van der Waals surface area (Å²) < 4.78 is 7.19. The predicted octanol–water partition coefficient (Wildman–Crippen LogP) is 1.21. The molecule has 14 heteroatoms. The van der Waals surface area contributed by atoms with Gasteiger partial charge in [0, 0.05) is 57.2 Å². The summed E-state index contributed by atoms with van der Waals surface area (Å²) in [5, 5.41) is 11.7. The molecular formula is C25H28N12O2. The molecule has 1 saturated heterocycles. The van der Waals surface area contributed by atoms with Crippen molar-refractivity contribution in [3.8, 4) is 11.3 Å². The van der Waals surface area contributed by atoms with Crippen LogP contribution in [-0.2, 0) is 6.54 Å². The summed E-state index contributed by atoms with van der Waals surface area (Å²) in [5.74, 6) is 0.796. The number of fused-ring (bicyclic) bond motifs is 2. The average molecular weight is 529 g/mol. The van der Waals surface area contributed by atoms with Crippen LogP contribution >= 0.6 is 0 Å². The van der Waals surface area contributed by atoms with E-state index in [1.807, 2.05) is 16.8 Å². The second-order valence-corrected chi connectivity index (χ2v) is 9.24. The highest BCUT2D eigenvalue weighted by Crippen LogP contribution is 2.32. The summed E-state index contributed by atoms with van der Waals surface area (Å²) in [6, 6.07) is 5.63. The van der Waals surface area contributed by atoms with Crippen molar-refractivity contribution in [2.45, 2.75) is 19.4 Å². The first-order valence-electron chi connectivity index (χ1n) is 12.8. The van der Waals surface area contributed by atoms with Crippen molar-refractivity contribution in [3.05, 3.63) is 42.5 Å². The normalized spacial score (nSPS) is 13.8. The van der Waals surface area contributed by atoms with Gasteiger partial charge in [-0.1, -0.05) is 0 Å². The summed E-state index contributed by atoms with van der Waals surface area (Å²) in [6.45, 7) is 4.59. The Balaban J connectivity index is 1.08. The van der Waals surface area contributed by atoms with E-state index in [-0.39, 0.29) is 11.9 Å². The average Bonchev–Trinajstić information content (AvgIpc) is 3.53. The molecule has 0 unspecified atom stereocenters. The van der Waals surface area contributed by atoms with Crippen LogP contribution in [0.25, 0.3) is 33.4 Å². The molecule has 4 aromatic heterocycles. The van der Waals surface area contributed by atoms with Gasteiger partial charge in [-0.15, -0.1) is 0 Å². The Bertz CT molecular complexity index is 1620. The van der Waals surface area contributed by atoms with Crippen LogP contribution in [0.3, 0.4) is 0 Å². The number of anilines is 3. The third kappa shape index (κ3) is 5.01. The Morgan fingerprint density at radius 2 is 1.90 bits per heavy atom. The van der Waals surface area contributed by atoms with Gasteiger partial charge in [0.15, 0.2) is 11.2 Å². The fourth-order valence-corrected chi connectivity index (χ4v) is 4.64. The van der Waals surface area contributed by atoms with Gasteiger partial charge in [0.05, 0.1) is 10.9 Å². The number of nitrogens with one attached hydrogen (secondary N) is 2. The Morgan fingerprint density at radius 1 is 1.08 bits per heavy atom. The third-order valence-corrected chi connectivity index (χ3v) is 6.62. The van der Waals surface area contributed by atoms with Gasteiger partial charge in [-0.05, 0) is 31.0 Å². The molecule has 0 bridgehead atoms. The summed E-state index contributed by atoms with van der Waals surface area (Å²) >= 11 is 0.